The van der Waals surface area contributed by atoms with E-state index in [4.69, 9.17) is 9.47 Å². The zero-order valence-electron chi connectivity index (χ0n) is 10.0. The quantitative estimate of drug-likeness (QED) is 0.451. The van der Waals surface area contributed by atoms with Gasteiger partial charge in [0.2, 0.25) is 0 Å². The van der Waals surface area contributed by atoms with Crippen LogP contribution < -0.4 is 0 Å². The number of carbonyl (C=O) groups is 1. The Morgan fingerprint density at radius 1 is 1.18 bits per heavy atom. The molecule has 0 fully saturated rings. The van der Waals surface area contributed by atoms with Crippen LogP contribution in [0, 0.1) is 11.8 Å². The van der Waals surface area contributed by atoms with Gasteiger partial charge in [0, 0.05) is 31.3 Å². The van der Waals surface area contributed by atoms with Crippen LogP contribution in [0.5, 0.6) is 0 Å². The van der Waals surface area contributed by atoms with E-state index in [1.54, 1.807) is 20.3 Å². The molecule has 1 rings (SSSR count). The van der Waals surface area contributed by atoms with Crippen molar-refractivity contribution in [1.29, 1.82) is 0 Å². The standard InChI is InChI=1S/C13H14O4/c1-15-12(14)9-8-10-6-4-5-7-11(10)13(16-2)17-3/h4-7,13H,1-3H3. The van der Waals surface area contributed by atoms with Gasteiger partial charge in [-0.1, -0.05) is 24.1 Å². The second-order valence-electron chi connectivity index (χ2n) is 3.13. The Morgan fingerprint density at radius 2 is 1.82 bits per heavy atom. The Labute approximate surface area is 100 Å². The fraction of sp³-hybridized carbons (Fsp3) is 0.308. The third-order valence-electron chi connectivity index (χ3n) is 2.13. The van der Waals surface area contributed by atoms with Gasteiger partial charge in [0.1, 0.15) is 0 Å². The molecule has 4 nitrogen and oxygen atoms in total. The highest BCUT2D eigenvalue weighted by Crippen LogP contribution is 2.20. The van der Waals surface area contributed by atoms with Crippen molar-refractivity contribution < 1.29 is 19.0 Å². The van der Waals surface area contributed by atoms with Crippen molar-refractivity contribution in [3.63, 3.8) is 0 Å². The van der Waals surface area contributed by atoms with Crippen LogP contribution in [0.15, 0.2) is 24.3 Å². The molecule has 0 saturated heterocycles. The lowest BCUT2D eigenvalue weighted by Gasteiger charge is -2.14. The number of rotatable bonds is 3. The Kier molecular flexibility index (Phi) is 5.21. The second-order valence-corrected chi connectivity index (χ2v) is 3.13. The lowest BCUT2D eigenvalue weighted by Crippen LogP contribution is -2.05. The van der Waals surface area contributed by atoms with Crippen molar-refractivity contribution in [2.24, 2.45) is 0 Å². The third kappa shape index (κ3) is 3.59. The predicted octanol–water partition coefficient (Wildman–Crippen LogP) is 1.50. The van der Waals surface area contributed by atoms with Crippen LogP contribution in [-0.2, 0) is 19.0 Å². The zero-order chi connectivity index (χ0) is 12.7. The first kappa shape index (κ1) is 13.2. The molecule has 0 aliphatic rings. The number of esters is 1. The van der Waals surface area contributed by atoms with Crippen molar-refractivity contribution in [1.82, 2.24) is 0 Å². The molecule has 1 aromatic carbocycles. The Bertz CT molecular complexity index is 438. The second kappa shape index (κ2) is 6.69. The van der Waals surface area contributed by atoms with Crippen molar-refractivity contribution in [2.45, 2.75) is 6.29 Å². The summed E-state index contributed by atoms with van der Waals surface area (Å²) in [7, 11) is 4.37. The number of hydrogen-bond donors (Lipinski definition) is 0. The first-order chi connectivity index (χ1) is 8.22. The van der Waals surface area contributed by atoms with Gasteiger partial charge in [-0.05, 0) is 6.07 Å². The van der Waals surface area contributed by atoms with Crippen LogP contribution in [0.2, 0.25) is 0 Å². The minimum absolute atomic E-state index is 0.502. The molecule has 0 unspecified atom stereocenters. The van der Waals surface area contributed by atoms with E-state index in [2.05, 4.69) is 16.6 Å². The maximum Gasteiger partial charge on any atom is 0.384 e. The Balaban J connectivity index is 3.06. The van der Waals surface area contributed by atoms with Crippen LogP contribution in [0.3, 0.4) is 0 Å². The van der Waals surface area contributed by atoms with Gasteiger partial charge in [-0.2, -0.15) is 0 Å². The highest BCUT2D eigenvalue weighted by atomic mass is 16.7. The van der Waals surface area contributed by atoms with E-state index in [1.165, 1.54) is 7.11 Å². The predicted molar refractivity (Wildman–Crippen MR) is 62.1 cm³/mol. The highest BCUT2D eigenvalue weighted by molar-refractivity contribution is 5.89. The first-order valence-corrected chi connectivity index (χ1v) is 4.97. The molecule has 0 heterocycles. The van der Waals surface area contributed by atoms with Crippen molar-refractivity contribution in [2.75, 3.05) is 21.3 Å². The molecule has 90 valence electrons. The summed E-state index contributed by atoms with van der Waals surface area (Å²) in [5, 5.41) is 0. The lowest BCUT2D eigenvalue weighted by atomic mass is 10.1. The SMILES string of the molecule is COC(=O)C#Cc1ccccc1C(OC)OC. The Morgan fingerprint density at radius 3 is 2.41 bits per heavy atom. The molecule has 0 aromatic heterocycles. The summed E-state index contributed by atoms with van der Waals surface area (Å²) in [4.78, 5) is 10.9. The molecule has 0 bridgehead atoms. The monoisotopic (exact) mass is 234 g/mol. The summed E-state index contributed by atoms with van der Waals surface area (Å²) < 4.78 is 14.8. The average molecular weight is 234 g/mol. The average Bonchev–Trinajstić information content (AvgIpc) is 2.38. The molecule has 4 heteroatoms. The normalized spacial score (nSPS) is 9.65. The third-order valence-corrected chi connectivity index (χ3v) is 2.13. The Hall–Kier alpha value is -1.83. The van der Waals surface area contributed by atoms with Gasteiger partial charge >= 0.3 is 5.97 Å². The zero-order valence-corrected chi connectivity index (χ0v) is 10.0. The summed E-state index contributed by atoms with van der Waals surface area (Å²) in [6.07, 6.45) is -0.502. The van der Waals surface area contributed by atoms with Crippen molar-refractivity contribution >= 4 is 5.97 Å². The van der Waals surface area contributed by atoms with E-state index >= 15 is 0 Å². The minimum Gasteiger partial charge on any atom is -0.459 e. The van der Waals surface area contributed by atoms with Crippen LogP contribution in [-0.4, -0.2) is 27.3 Å². The fourth-order valence-corrected chi connectivity index (χ4v) is 1.34. The number of ether oxygens (including phenoxy) is 3. The molecule has 0 radical (unpaired) electrons. The number of carbonyl (C=O) groups excluding carboxylic acids is 1. The molecule has 0 atom stereocenters. The van der Waals surface area contributed by atoms with Gasteiger partial charge in [0.25, 0.3) is 0 Å². The number of methoxy groups -OCH3 is 3. The summed E-state index contributed by atoms with van der Waals surface area (Å²) in [5.74, 6) is 4.52. The van der Waals surface area contributed by atoms with Crippen LogP contribution in [0.4, 0.5) is 0 Å². The topological polar surface area (TPSA) is 44.8 Å². The molecule has 0 amide bonds. The molecule has 17 heavy (non-hydrogen) atoms. The van der Waals surface area contributed by atoms with Crippen LogP contribution in [0.25, 0.3) is 0 Å². The van der Waals surface area contributed by atoms with E-state index in [9.17, 15) is 4.79 Å². The van der Waals surface area contributed by atoms with Crippen LogP contribution >= 0.6 is 0 Å². The highest BCUT2D eigenvalue weighted by Gasteiger charge is 2.11. The summed E-state index contributed by atoms with van der Waals surface area (Å²) >= 11 is 0. The number of benzene rings is 1. The summed E-state index contributed by atoms with van der Waals surface area (Å²) in [6, 6.07) is 7.30. The molecular weight excluding hydrogens is 220 g/mol. The fourth-order valence-electron chi connectivity index (χ4n) is 1.34. The summed E-state index contributed by atoms with van der Waals surface area (Å²) in [5.41, 5.74) is 1.44. The van der Waals surface area contributed by atoms with E-state index < -0.39 is 12.3 Å². The molecule has 0 aliphatic heterocycles. The summed E-state index contributed by atoms with van der Waals surface area (Å²) in [6.45, 7) is 0. The largest absolute Gasteiger partial charge is 0.459 e. The van der Waals surface area contributed by atoms with E-state index in [0.717, 1.165) is 5.56 Å². The lowest BCUT2D eigenvalue weighted by molar-refractivity contribution is -0.133. The molecule has 1 aromatic rings. The van der Waals surface area contributed by atoms with E-state index in [-0.39, 0.29) is 0 Å². The van der Waals surface area contributed by atoms with E-state index in [0.29, 0.717) is 5.56 Å². The maximum atomic E-state index is 10.9. The molecular formula is C13H14O4. The maximum absolute atomic E-state index is 10.9. The van der Waals surface area contributed by atoms with Crippen molar-refractivity contribution in [3.05, 3.63) is 35.4 Å². The van der Waals surface area contributed by atoms with Gasteiger partial charge in [0.05, 0.1) is 7.11 Å². The molecule has 0 saturated carbocycles. The molecule has 0 spiro atoms. The smallest absolute Gasteiger partial charge is 0.384 e. The van der Waals surface area contributed by atoms with Gasteiger partial charge in [0.15, 0.2) is 6.29 Å². The first-order valence-electron chi connectivity index (χ1n) is 4.97. The van der Waals surface area contributed by atoms with Gasteiger partial charge in [-0.25, -0.2) is 4.79 Å². The van der Waals surface area contributed by atoms with Crippen molar-refractivity contribution in [3.8, 4) is 11.8 Å². The van der Waals surface area contributed by atoms with Gasteiger partial charge < -0.3 is 14.2 Å². The molecule has 0 N–H and O–H groups in total. The minimum atomic E-state index is -0.578. The van der Waals surface area contributed by atoms with Gasteiger partial charge in [-0.15, -0.1) is 0 Å². The van der Waals surface area contributed by atoms with E-state index in [1.807, 2.05) is 18.2 Å². The van der Waals surface area contributed by atoms with Gasteiger partial charge in [-0.3, -0.25) is 0 Å². The molecule has 0 aliphatic carbocycles. The number of hydrogen-bond acceptors (Lipinski definition) is 4. The van der Waals surface area contributed by atoms with Crippen LogP contribution in [0.1, 0.15) is 17.4 Å².